The summed E-state index contributed by atoms with van der Waals surface area (Å²) in [5.74, 6) is 1.99. The zero-order valence-electron chi connectivity index (χ0n) is 12.3. The van der Waals surface area contributed by atoms with Crippen LogP contribution in [0.25, 0.3) is 0 Å². The normalized spacial score (nSPS) is 12.7. The average molecular weight is 283 g/mol. The maximum absolute atomic E-state index is 5.79. The van der Waals surface area contributed by atoms with E-state index < -0.39 is 0 Å². The van der Waals surface area contributed by atoms with Crippen molar-refractivity contribution in [1.82, 2.24) is 5.32 Å². The zero-order chi connectivity index (χ0) is 14.1. The summed E-state index contributed by atoms with van der Waals surface area (Å²) in [6.45, 7) is 5.64. The predicted octanol–water partition coefficient (Wildman–Crippen LogP) is 3.11. The van der Waals surface area contributed by atoms with Gasteiger partial charge in [-0.3, -0.25) is 0 Å². The summed E-state index contributed by atoms with van der Waals surface area (Å²) in [5, 5.41) is 4.01. The Hall–Kier alpha value is -0.710. The van der Waals surface area contributed by atoms with Gasteiger partial charge in [0.2, 0.25) is 0 Å². The lowest BCUT2D eigenvalue weighted by molar-refractivity contribution is 0.145. The molecule has 1 aromatic carbocycles. The average Bonchev–Trinajstić information content (AvgIpc) is 2.41. The molecule has 1 aromatic rings. The quantitative estimate of drug-likeness (QED) is 0.705. The second kappa shape index (κ2) is 9.23. The Morgan fingerprint density at radius 3 is 2.58 bits per heavy atom. The highest BCUT2D eigenvalue weighted by Crippen LogP contribution is 2.28. The molecule has 0 bridgehead atoms. The van der Waals surface area contributed by atoms with E-state index in [2.05, 4.69) is 31.3 Å². The summed E-state index contributed by atoms with van der Waals surface area (Å²) < 4.78 is 10.8. The van der Waals surface area contributed by atoms with Gasteiger partial charge in [0.1, 0.15) is 12.4 Å². The van der Waals surface area contributed by atoms with Crippen molar-refractivity contribution in [3.63, 3.8) is 0 Å². The summed E-state index contributed by atoms with van der Waals surface area (Å²) in [4.78, 5) is 0. The Bertz CT molecular complexity index is 358. The van der Waals surface area contributed by atoms with Gasteiger partial charge in [-0.05, 0) is 18.4 Å². The van der Waals surface area contributed by atoms with E-state index in [-0.39, 0.29) is 0 Å². The molecule has 0 heterocycles. The topological polar surface area (TPSA) is 30.5 Å². The van der Waals surface area contributed by atoms with Crippen molar-refractivity contribution < 1.29 is 9.47 Å². The molecule has 0 saturated carbocycles. The first kappa shape index (κ1) is 16.3. The summed E-state index contributed by atoms with van der Waals surface area (Å²) in [5.41, 5.74) is 1.22. The Kier molecular flexibility index (Phi) is 7.94. The first-order valence-electron chi connectivity index (χ1n) is 6.68. The zero-order valence-corrected chi connectivity index (χ0v) is 13.1. The number of para-hydroxylation sites is 1. The summed E-state index contributed by atoms with van der Waals surface area (Å²) in [7, 11) is 3.68. The summed E-state index contributed by atoms with van der Waals surface area (Å²) in [6.07, 6.45) is 0. The maximum Gasteiger partial charge on any atom is 0.124 e. The number of ether oxygens (including phenoxy) is 2. The number of nitrogens with one attached hydrogen (secondary N) is 1. The van der Waals surface area contributed by atoms with Gasteiger partial charge in [0.25, 0.3) is 0 Å². The smallest absolute Gasteiger partial charge is 0.124 e. The van der Waals surface area contributed by atoms with Gasteiger partial charge in [-0.15, -0.1) is 0 Å². The molecule has 0 saturated heterocycles. The van der Waals surface area contributed by atoms with E-state index in [1.165, 1.54) is 5.56 Å². The van der Waals surface area contributed by atoms with Crippen LogP contribution in [0, 0.1) is 0 Å². The molecular formula is C15H25NO2S. The van der Waals surface area contributed by atoms with Crippen molar-refractivity contribution in [2.45, 2.75) is 25.1 Å². The van der Waals surface area contributed by atoms with E-state index in [1.54, 1.807) is 7.11 Å². The molecule has 19 heavy (non-hydrogen) atoms. The molecule has 1 unspecified atom stereocenters. The van der Waals surface area contributed by atoms with Crippen LogP contribution in [-0.4, -0.2) is 38.4 Å². The van der Waals surface area contributed by atoms with Crippen LogP contribution in [-0.2, 0) is 4.74 Å². The van der Waals surface area contributed by atoms with E-state index in [0.717, 1.165) is 11.5 Å². The van der Waals surface area contributed by atoms with Crippen LogP contribution < -0.4 is 10.1 Å². The molecule has 108 valence electrons. The van der Waals surface area contributed by atoms with Crippen molar-refractivity contribution in [1.29, 1.82) is 0 Å². The Balaban J connectivity index is 2.72. The van der Waals surface area contributed by atoms with E-state index in [1.807, 2.05) is 30.9 Å². The molecule has 0 amide bonds. The van der Waals surface area contributed by atoms with E-state index in [4.69, 9.17) is 9.47 Å². The molecule has 0 spiro atoms. The molecule has 0 aliphatic rings. The van der Waals surface area contributed by atoms with Gasteiger partial charge >= 0.3 is 0 Å². The molecule has 1 atom stereocenters. The van der Waals surface area contributed by atoms with Crippen LogP contribution in [0.1, 0.15) is 25.5 Å². The standard InChI is InChI=1S/C15H25NO2S/c1-12(2)19-11-14(16-3)13-7-5-6-8-15(13)18-10-9-17-4/h5-8,12,14,16H,9-11H2,1-4H3. The van der Waals surface area contributed by atoms with Gasteiger partial charge in [0, 0.05) is 24.5 Å². The van der Waals surface area contributed by atoms with Crippen LogP contribution in [0.2, 0.25) is 0 Å². The van der Waals surface area contributed by atoms with Crippen LogP contribution in [0.4, 0.5) is 0 Å². The number of methoxy groups -OCH3 is 1. The summed E-state index contributed by atoms with van der Waals surface area (Å²) in [6, 6.07) is 8.53. The van der Waals surface area contributed by atoms with Crippen LogP contribution in [0.15, 0.2) is 24.3 Å². The minimum atomic E-state index is 0.311. The van der Waals surface area contributed by atoms with E-state index in [9.17, 15) is 0 Å². The van der Waals surface area contributed by atoms with E-state index in [0.29, 0.717) is 24.5 Å². The highest BCUT2D eigenvalue weighted by molar-refractivity contribution is 7.99. The molecular weight excluding hydrogens is 258 g/mol. The first-order chi connectivity index (χ1) is 9.19. The Morgan fingerprint density at radius 1 is 1.21 bits per heavy atom. The SMILES string of the molecule is CNC(CSC(C)C)c1ccccc1OCCOC. The molecule has 0 fully saturated rings. The van der Waals surface area contributed by atoms with Gasteiger partial charge in [0.15, 0.2) is 0 Å². The summed E-state index contributed by atoms with van der Waals surface area (Å²) >= 11 is 1.95. The number of thioether (sulfide) groups is 1. The molecule has 0 aliphatic carbocycles. The number of rotatable bonds is 9. The van der Waals surface area contributed by atoms with Crippen molar-refractivity contribution in [3.8, 4) is 5.75 Å². The third kappa shape index (κ3) is 5.85. The monoisotopic (exact) mass is 283 g/mol. The minimum Gasteiger partial charge on any atom is -0.491 e. The van der Waals surface area contributed by atoms with Crippen LogP contribution in [0.3, 0.4) is 0 Å². The van der Waals surface area contributed by atoms with Crippen molar-refractivity contribution in [2.24, 2.45) is 0 Å². The van der Waals surface area contributed by atoms with E-state index >= 15 is 0 Å². The largest absolute Gasteiger partial charge is 0.491 e. The Morgan fingerprint density at radius 2 is 1.95 bits per heavy atom. The number of hydrogen-bond acceptors (Lipinski definition) is 4. The lowest BCUT2D eigenvalue weighted by Gasteiger charge is -2.20. The fourth-order valence-electron chi connectivity index (χ4n) is 1.75. The van der Waals surface area contributed by atoms with Gasteiger partial charge in [-0.2, -0.15) is 11.8 Å². The van der Waals surface area contributed by atoms with Crippen molar-refractivity contribution in [2.75, 3.05) is 33.1 Å². The van der Waals surface area contributed by atoms with Crippen molar-refractivity contribution in [3.05, 3.63) is 29.8 Å². The van der Waals surface area contributed by atoms with Crippen LogP contribution >= 0.6 is 11.8 Å². The van der Waals surface area contributed by atoms with Gasteiger partial charge < -0.3 is 14.8 Å². The third-order valence-corrected chi connectivity index (χ3v) is 3.98. The Labute approximate surface area is 121 Å². The predicted molar refractivity (Wildman–Crippen MR) is 83.2 cm³/mol. The lowest BCUT2D eigenvalue weighted by Crippen LogP contribution is -2.20. The van der Waals surface area contributed by atoms with Gasteiger partial charge in [0.05, 0.1) is 6.61 Å². The van der Waals surface area contributed by atoms with Gasteiger partial charge in [-0.1, -0.05) is 32.0 Å². The molecule has 0 radical (unpaired) electrons. The molecule has 4 heteroatoms. The fourth-order valence-corrected chi connectivity index (χ4v) is 2.68. The molecule has 0 aliphatic heterocycles. The third-order valence-electron chi connectivity index (χ3n) is 2.78. The first-order valence-corrected chi connectivity index (χ1v) is 7.73. The second-order valence-corrected chi connectivity index (χ2v) is 6.21. The second-order valence-electron chi connectivity index (χ2n) is 4.60. The highest BCUT2D eigenvalue weighted by Gasteiger charge is 2.14. The molecule has 1 rings (SSSR count). The fraction of sp³-hybridized carbons (Fsp3) is 0.600. The lowest BCUT2D eigenvalue weighted by atomic mass is 10.1. The maximum atomic E-state index is 5.79. The minimum absolute atomic E-state index is 0.311. The van der Waals surface area contributed by atoms with Crippen LogP contribution in [0.5, 0.6) is 5.75 Å². The molecule has 3 nitrogen and oxygen atoms in total. The van der Waals surface area contributed by atoms with Crippen molar-refractivity contribution >= 4 is 11.8 Å². The number of benzene rings is 1. The van der Waals surface area contributed by atoms with Gasteiger partial charge in [-0.25, -0.2) is 0 Å². The molecule has 0 aromatic heterocycles. The molecule has 1 N–H and O–H groups in total. The number of hydrogen-bond donors (Lipinski definition) is 1. The highest BCUT2D eigenvalue weighted by atomic mass is 32.2.